The number of thiophene rings is 1. The van der Waals surface area contributed by atoms with Gasteiger partial charge in [0.2, 0.25) is 0 Å². The third-order valence-electron chi connectivity index (χ3n) is 3.57. The zero-order chi connectivity index (χ0) is 18.4. The summed E-state index contributed by atoms with van der Waals surface area (Å²) in [5, 5.41) is 0.773. The lowest BCUT2D eigenvalue weighted by Crippen LogP contribution is -2.03. The molecule has 0 amide bonds. The smallest absolute Gasteiger partial charge is 0.348 e. The number of carbonyl (C=O) groups excluding carboxylic acids is 1. The van der Waals surface area contributed by atoms with Crippen LogP contribution in [0.4, 0.5) is 5.00 Å². The maximum atomic E-state index is 11.9. The van der Waals surface area contributed by atoms with Gasteiger partial charge in [-0.3, -0.25) is 0 Å². The largest absolute Gasteiger partial charge is 0.462 e. The molecule has 0 unspecified atom stereocenters. The topological polar surface area (TPSA) is 47.9 Å². The van der Waals surface area contributed by atoms with Crippen molar-refractivity contribution in [1.82, 2.24) is 0 Å². The van der Waals surface area contributed by atoms with E-state index in [9.17, 15) is 4.79 Å². The summed E-state index contributed by atoms with van der Waals surface area (Å²) in [5.74, 6) is 1.28. The first-order chi connectivity index (χ1) is 12.7. The molecule has 3 aromatic rings. The number of hydrogen-bond donors (Lipinski definition) is 0. The van der Waals surface area contributed by atoms with E-state index in [1.54, 1.807) is 13.1 Å². The van der Waals surface area contributed by atoms with Gasteiger partial charge in [-0.2, -0.15) is 0 Å². The van der Waals surface area contributed by atoms with Gasteiger partial charge in [0.15, 0.2) is 0 Å². The summed E-state index contributed by atoms with van der Waals surface area (Å²) in [4.78, 5) is 16.9. The zero-order valence-electron chi connectivity index (χ0n) is 14.6. The van der Waals surface area contributed by atoms with Gasteiger partial charge < -0.3 is 9.47 Å². The molecule has 5 heteroatoms. The Kier molecular flexibility index (Phi) is 5.81. The Balaban J connectivity index is 1.67. The molecule has 0 spiro atoms. The van der Waals surface area contributed by atoms with Crippen molar-refractivity contribution in [2.24, 2.45) is 4.99 Å². The Labute approximate surface area is 156 Å². The van der Waals surface area contributed by atoms with Crippen LogP contribution in [0, 0.1) is 6.92 Å². The SMILES string of the molecule is CCOC(=O)c1sc(N=Cc2ccc(Oc3ccccc3)cc2)cc1C. The highest BCUT2D eigenvalue weighted by atomic mass is 32.1. The summed E-state index contributed by atoms with van der Waals surface area (Å²) in [5.41, 5.74) is 1.83. The first-order valence-electron chi connectivity index (χ1n) is 8.30. The van der Waals surface area contributed by atoms with E-state index in [4.69, 9.17) is 9.47 Å². The summed E-state index contributed by atoms with van der Waals surface area (Å²) in [6.07, 6.45) is 1.77. The fraction of sp³-hybridized carbons (Fsp3) is 0.143. The highest BCUT2D eigenvalue weighted by molar-refractivity contribution is 7.17. The van der Waals surface area contributed by atoms with Crippen molar-refractivity contribution in [3.8, 4) is 11.5 Å². The quantitative estimate of drug-likeness (QED) is 0.411. The lowest BCUT2D eigenvalue weighted by atomic mass is 10.2. The van der Waals surface area contributed by atoms with Crippen LogP contribution in [0.15, 0.2) is 65.7 Å². The Hall–Kier alpha value is -2.92. The molecular weight excluding hydrogens is 346 g/mol. The molecule has 0 saturated carbocycles. The highest BCUT2D eigenvalue weighted by Crippen LogP contribution is 2.29. The number of aryl methyl sites for hydroxylation is 1. The summed E-state index contributed by atoms with van der Waals surface area (Å²) < 4.78 is 10.8. The number of benzene rings is 2. The summed E-state index contributed by atoms with van der Waals surface area (Å²) in [7, 11) is 0. The average Bonchev–Trinajstić information content (AvgIpc) is 3.03. The van der Waals surface area contributed by atoms with Crippen LogP contribution in [-0.4, -0.2) is 18.8 Å². The molecule has 2 aromatic carbocycles. The number of aliphatic imine (C=N–C) groups is 1. The van der Waals surface area contributed by atoms with Gasteiger partial charge in [-0.25, -0.2) is 9.79 Å². The average molecular weight is 365 g/mol. The molecule has 0 fully saturated rings. The van der Waals surface area contributed by atoms with Crippen LogP contribution in [0.1, 0.15) is 27.7 Å². The minimum Gasteiger partial charge on any atom is -0.462 e. The molecule has 0 saturated heterocycles. The number of hydrogen-bond acceptors (Lipinski definition) is 5. The second-order valence-corrected chi connectivity index (χ2v) is 6.59. The Morgan fingerprint density at radius 3 is 2.46 bits per heavy atom. The van der Waals surface area contributed by atoms with Gasteiger partial charge in [-0.1, -0.05) is 18.2 Å². The lowest BCUT2D eigenvalue weighted by molar-refractivity contribution is 0.0531. The van der Waals surface area contributed by atoms with Crippen LogP contribution in [-0.2, 0) is 4.74 Å². The van der Waals surface area contributed by atoms with Crippen molar-refractivity contribution in [2.45, 2.75) is 13.8 Å². The molecule has 4 nitrogen and oxygen atoms in total. The Bertz CT molecular complexity index is 899. The summed E-state index contributed by atoms with van der Waals surface area (Å²) in [6.45, 7) is 4.05. The molecule has 132 valence electrons. The third kappa shape index (κ3) is 4.58. The van der Waals surface area contributed by atoms with Gasteiger partial charge in [0.25, 0.3) is 0 Å². The van der Waals surface area contributed by atoms with Crippen LogP contribution >= 0.6 is 11.3 Å². The molecule has 0 radical (unpaired) electrons. The van der Waals surface area contributed by atoms with Crippen molar-refractivity contribution in [2.75, 3.05) is 6.61 Å². The van der Waals surface area contributed by atoms with E-state index in [-0.39, 0.29) is 5.97 Å². The maximum Gasteiger partial charge on any atom is 0.348 e. The van der Waals surface area contributed by atoms with Crippen LogP contribution in [0.5, 0.6) is 11.5 Å². The van der Waals surface area contributed by atoms with Gasteiger partial charge in [0.1, 0.15) is 21.4 Å². The molecule has 0 atom stereocenters. The van der Waals surface area contributed by atoms with E-state index in [1.807, 2.05) is 67.6 Å². The fourth-order valence-electron chi connectivity index (χ4n) is 2.31. The standard InChI is InChI=1S/C21H19NO3S/c1-3-24-21(23)20-15(2)13-19(26-20)22-14-16-9-11-18(12-10-16)25-17-7-5-4-6-8-17/h4-14H,3H2,1-2H3. The van der Waals surface area contributed by atoms with Crippen molar-refractivity contribution < 1.29 is 14.3 Å². The number of esters is 1. The molecule has 1 heterocycles. The van der Waals surface area contributed by atoms with Crippen molar-refractivity contribution in [1.29, 1.82) is 0 Å². The van der Waals surface area contributed by atoms with Crippen molar-refractivity contribution in [3.05, 3.63) is 76.7 Å². The molecule has 0 bridgehead atoms. The molecule has 3 rings (SSSR count). The minimum atomic E-state index is -0.293. The number of rotatable bonds is 6. The van der Waals surface area contributed by atoms with Gasteiger partial charge in [0.05, 0.1) is 6.61 Å². The first kappa shape index (κ1) is 17.9. The monoisotopic (exact) mass is 365 g/mol. The minimum absolute atomic E-state index is 0.293. The fourth-order valence-corrected chi connectivity index (χ4v) is 3.23. The molecule has 0 N–H and O–H groups in total. The van der Waals surface area contributed by atoms with E-state index in [2.05, 4.69) is 4.99 Å². The Morgan fingerprint density at radius 2 is 1.77 bits per heavy atom. The van der Waals surface area contributed by atoms with Gasteiger partial charge in [-0.15, -0.1) is 11.3 Å². The molecule has 0 aliphatic carbocycles. The second-order valence-electron chi connectivity index (χ2n) is 5.56. The number of ether oxygens (including phenoxy) is 2. The molecule has 1 aromatic heterocycles. The van der Waals surface area contributed by atoms with Gasteiger partial charge in [-0.05, 0) is 67.4 Å². The highest BCUT2D eigenvalue weighted by Gasteiger charge is 2.14. The van der Waals surface area contributed by atoms with E-state index in [1.165, 1.54) is 11.3 Å². The van der Waals surface area contributed by atoms with E-state index < -0.39 is 0 Å². The van der Waals surface area contributed by atoms with Crippen LogP contribution in [0.25, 0.3) is 0 Å². The predicted octanol–water partition coefficient (Wildman–Crippen LogP) is 5.78. The zero-order valence-corrected chi connectivity index (χ0v) is 15.5. The van der Waals surface area contributed by atoms with Crippen LogP contribution in [0.2, 0.25) is 0 Å². The van der Waals surface area contributed by atoms with E-state index >= 15 is 0 Å². The molecule has 0 aliphatic rings. The summed E-state index contributed by atoms with van der Waals surface area (Å²) >= 11 is 1.33. The maximum absolute atomic E-state index is 11.9. The third-order valence-corrected chi connectivity index (χ3v) is 4.69. The number of carbonyl (C=O) groups is 1. The van der Waals surface area contributed by atoms with Crippen LogP contribution in [0.3, 0.4) is 0 Å². The summed E-state index contributed by atoms with van der Waals surface area (Å²) in [6, 6.07) is 19.2. The van der Waals surface area contributed by atoms with Gasteiger partial charge in [0, 0.05) is 6.21 Å². The molecule has 26 heavy (non-hydrogen) atoms. The van der Waals surface area contributed by atoms with E-state index in [0.717, 1.165) is 27.6 Å². The van der Waals surface area contributed by atoms with Gasteiger partial charge >= 0.3 is 5.97 Å². The molecular formula is C21H19NO3S. The predicted molar refractivity (Wildman–Crippen MR) is 105 cm³/mol. The van der Waals surface area contributed by atoms with Crippen LogP contribution < -0.4 is 4.74 Å². The Morgan fingerprint density at radius 1 is 1.08 bits per heavy atom. The van der Waals surface area contributed by atoms with Crippen molar-refractivity contribution in [3.63, 3.8) is 0 Å². The van der Waals surface area contributed by atoms with Crippen molar-refractivity contribution >= 4 is 28.5 Å². The van der Waals surface area contributed by atoms with E-state index in [0.29, 0.717) is 11.5 Å². The lowest BCUT2D eigenvalue weighted by Gasteiger charge is -2.05. The molecule has 0 aliphatic heterocycles. The first-order valence-corrected chi connectivity index (χ1v) is 9.12. The number of nitrogens with zero attached hydrogens (tertiary/aromatic N) is 1. The number of para-hydroxylation sites is 1. The second kappa shape index (κ2) is 8.45. The normalized spacial score (nSPS) is 10.8.